The zero-order valence-electron chi connectivity index (χ0n) is 10.8. The first kappa shape index (κ1) is 14.7. The summed E-state index contributed by atoms with van der Waals surface area (Å²) in [7, 11) is 0. The molecule has 0 spiro atoms. The first-order valence-corrected chi connectivity index (χ1v) is 6.00. The fraction of sp³-hybridized carbons (Fsp3) is 0.500. The number of aliphatic hydroxyl groups is 3. The molecule has 0 bridgehead atoms. The zero-order valence-corrected chi connectivity index (χ0v) is 10.8. The van der Waals surface area contributed by atoms with Crippen LogP contribution in [-0.2, 0) is 4.74 Å². The van der Waals surface area contributed by atoms with Crippen molar-refractivity contribution in [2.45, 2.75) is 31.5 Å². The van der Waals surface area contributed by atoms with Crippen LogP contribution in [0, 0.1) is 6.92 Å². The van der Waals surface area contributed by atoms with Crippen molar-refractivity contribution >= 4 is 0 Å². The second-order valence-electron chi connectivity index (χ2n) is 4.69. The van der Waals surface area contributed by atoms with Crippen LogP contribution in [0.5, 0.6) is 0 Å². The largest absolute Gasteiger partial charge is 0.394 e. The minimum absolute atomic E-state index is 0.0380. The molecule has 1 aromatic heterocycles. The molecule has 2 heterocycles. The molecule has 4 N–H and O–H groups in total. The number of nitrogens with zero attached hydrogens (tertiary/aromatic N) is 1. The summed E-state index contributed by atoms with van der Waals surface area (Å²) < 4.78 is 6.32. The fourth-order valence-electron chi connectivity index (χ4n) is 2.06. The second-order valence-corrected chi connectivity index (χ2v) is 4.69. The van der Waals surface area contributed by atoms with E-state index >= 15 is 0 Å². The summed E-state index contributed by atoms with van der Waals surface area (Å²) >= 11 is 0. The van der Waals surface area contributed by atoms with E-state index in [0.29, 0.717) is 0 Å². The number of aromatic nitrogens is 2. The first-order valence-electron chi connectivity index (χ1n) is 6.00. The molecule has 0 amide bonds. The van der Waals surface area contributed by atoms with Gasteiger partial charge in [0.05, 0.1) is 6.61 Å². The summed E-state index contributed by atoms with van der Waals surface area (Å²) in [6.45, 7) is 4.54. The van der Waals surface area contributed by atoms with Crippen LogP contribution in [0.1, 0.15) is 11.8 Å². The maximum Gasteiger partial charge on any atom is 0.330 e. The lowest BCUT2D eigenvalue weighted by Gasteiger charge is -2.38. The van der Waals surface area contributed by atoms with Crippen molar-refractivity contribution in [1.29, 1.82) is 0 Å². The van der Waals surface area contributed by atoms with Gasteiger partial charge in [-0.25, -0.2) is 4.79 Å². The Kier molecular flexibility index (Phi) is 3.91. The number of hydrogen-bond acceptors (Lipinski definition) is 6. The Morgan fingerprint density at radius 2 is 2.05 bits per heavy atom. The maximum atomic E-state index is 11.8. The van der Waals surface area contributed by atoms with Crippen molar-refractivity contribution in [3.05, 3.63) is 44.8 Å². The van der Waals surface area contributed by atoms with Gasteiger partial charge in [-0.15, -0.1) is 0 Å². The third kappa shape index (κ3) is 2.34. The second kappa shape index (κ2) is 5.33. The van der Waals surface area contributed by atoms with Crippen LogP contribution in [0.2, 0.25) is 0 Å². The lowest BCUT2D eigenvalue weighted by Crippen LogP contribution is -2.50. The summed E-state index contributed by atoms with van der Waals surface area (Å²) in [6, 6.07) is 0. The molecule has 2 rings (SSSR count). The Bertz CT molecular complexity index is 634. The van der Waals surface area contributed by atoms with Gasteiger partial charge in [0.1, 0.15) is 18.3 Å². The standard InChI is InChI=1S/C12H16N2O6/c1-5-3-14(12(19)13-10(5)18)11-9(17)6(2)8(16)7(4-15)20-11/h3,7-9,11,15-17H,2,4H2,1H3,(H,13,18,19)/t7-,8+,9-,11-/m1/s1. The predicted molar refractivity (Wildman–Crippen MR) is 68.2 cm³/mol. The van der Waals surface area contributed by atoms with Gasteiger partial charge in [-0.3, -0.25) is 14.3 Å². The van der Waals surface area contributed by atoms with Crippen LogP contribution >= 0.6 is 0 Å². The Labute approximate surface area is 113 Å². The van der Waals surface area contributed by atoms with Gasteiger partial charge in [0, 0.05) is 11.8 Å². The van der Waals surface area contributed by atoms with Gasteiger partial charge in [-0.2, -0.15) is 0 Å². The summed E-state index contributed by atoms with van der Waals surface area (Å²) in [6.07, 6.45) is -3.50. The van der Waals surface area contributed by atoms with Crippen molar-refractivity contribution in [1.82, 2.24) is 9.55 Å². The maximum absolute atomic E-state index is 11.8. The van der Waals surface area contributed by atoms with Gasteiger partial charge >= 0.3 is 5.69 Å². The topological polar surface area (TPSA) is 125 Å². The van der Waals surface area contributed by atoms with E-state index in [1.165, 1.54) is 13.1 Å². The minimum Gasteiger partial charge on any atom is -0.394 e. The average molecular weight is 284 g/mol. The molecule has 20 heavy (non-hydrogen) atoms. The third-order valence-corrected chi connectivity index (χ3v) is 3.30. The van der Waals surface area contributed by atoms with Gasteiger partial charge in [0.2, 0.25) is 0 Å². The van der Waals surface area contributed by atoms with Gasteiger partial charge in [-0.1, -0.05) is 6.58 Å². The number of aliphatic hydroxyl groups excluding tert-OH is 3. The quantitative estimate of drug-likeness (QED) is 0.466. The monoisotopic (exact) mass is 284 g/mol. The highest BCUT2D eigenvalue weighted by Crippen LogP contribution is 2.29. The average Bonchev–Trinajstić information content (AvgIpc) is 2.41. The number of aryl methyl sites for hydroxylation is 1. The van der Waals surface area contributed by atoms with Gasteiger partial charge in [-0.05, 0) is 12.5 Å². The van der Waals surface area contributed by atoms with E-state index in [1.807, 2.05) is 0 Å². The van der Waals surface area contributed by atoms with Crippen molar-refractivity contribution in [2.24, 2.45) is 0 Å². The molecular formula is C12H16N2O6. The molecule has 1 fully saturated rings. The van der Waals surface area contributed by atoms with Crippen molar-refractivity contribution in [3.8, 4) is 0 Å². The number of aromatic amines is 1. The van der Waals surface area contributed by atoms with Crippen LogP contribution in [-0.4, -0.2) is 49.8 Å². The van der Waals surface area contributed by atoms with E-state index in [4.69, 9.17) is 9.84 Å². The molecule has 0 aromatic carbocycles. The van der Waals surface area contributed by atoms with Gasteiger partial charge in [0.15, 0.2) is 6.23 Å². The number of hydrogen-bond donors (Lipinski definition) is 4. The lowest BCUT2D eigenvalue weighted by atomic mass is 9.96. The molecule has 1 saturated heterocycles. The van der Waals surface area contributed by atoms with Crippen molar-refractivity contribution in [3.63, 3.8) is 0 Å². The number of nitrogens with one attached hydrogen (secondary N) is 1. The van der Waals surface area contributed by atoms with Crippen molar-refractivity contribution < 1.29 is 20.1 Å². The number of ether oxygens (including phenoxy) is 1. The molecule has 110 valence electrons. The van der Waals surface area contributed by atoms with Crippen LogP contribution in [0.3, 0.4) is 0 Å². The summed E-state index contributed by atoms with van der Waals surface area (Å²) in [5.74, 6) is 0. The summed E-state index contributed by atoms with van der Waals surface area (Å²) in [5, 5.41) is 28.9. The Hall–Kier alpha value is -1.74. The molecule has 0 unspecified atom stereocenters. The van der Waals surface area contributed by atoms with Crippen LogP contribution in [0.25, 0.3) is 0 Å². The highest BCUT2D eigenvalue weighted by molar-refractivity contribution is 5.16. The Morgan fingerprint density at radius 1 is 1.40 bits per heavy atom. The Balaban J connectivity index is 2.46. The predicted octanol–water partition coefficient (Wildman–Crippen LogP) is -1.99. The van der Waals surface area contributed by atoms with E-state index in [0.717, 1.165) is 4.57 Å². The van der Waals surface area contributed by atoms with E-state index in [1.54, 1.807) is 0 Å². The van der Waals surface area contributed by atoms with E-state index in [2.05, 4.69) is 11.6 Å². The third-order valence-electron chi connectivity index (χ3n) is 3.30. The minimum atomic E-state index is -1.34. The van der Waals surface area contributed by atoms with E-state index in [-0.39, 0.29) is 11.1 Å². The van der Waals surface area contributed by atoms with Gasteiger partial charge < -0.3 is 20.1 Å². The molecule has 1 aliphatic heterocycles. The molecule has 1 aromatic rings. The first-order chi connectivity index (χ1) is 9.36. The normalized spacial score (nSPS) is 30.5. The molecule has 0 saturated carbocycles. The smallest absolute Gasteiger partial charge is 0.330 e. The number of rotatable bonds is 2. The molecule has 4 atom stereocenters. The van der Waals surface area contributed by atoms with Crippen molar-refractivity contribution in [2.75, 3.05) is 6.61 Å². The molecule has 1 aliphatic rings. The zero-order chi connectivity index (χ0) is 15.0. The lowest BCUT2D eigenvalue weighted by molar-refractivity contribution is -0.180. The highest BCUT2D eigenvalue weighted by atomic mass is 16.5. The van der Waals surface area contributed by atoms with Crippen LogP contribution in [0.15, 0.2) is 27.9 Å². The molecule has 8 heteroatoms. The molecule has 0 radical (unpaired) electrons. The van der Waals surface area contributed by atoms with E-state index in [9.17, 15) is 19.8 Å². The molecule has 0 aliphatic carbocycles. The SMILES string of the molecule is C=C1[C@@H](O)[C@H](n2cc(C)c(=O)[nH]c2=O)O[C@H](CO)[C@H]1O. The molecular weight excluding hydrogens is 268 g/mol. The Morgan fingerprint density at radius 3 is 2.65 bits per heavy atom. The fourth-order valence-corrected chi connectivity index (χ4v) is 2.06. The highest BCUT2D eigenvalue weighted by Gasteiger charge is 2.40. The van der Waals surface area contributed by atoms with Crippen LogP contribution in [0.4, 0.5) is 0 Å². The summed E-state index contributed by atoms with van der Waals surface area (Å²) in [5.41, 5.74) is -0.992. The molecule has 8 nitrogen and oxygen atoms in total. The number of H-pyrrole nitrogens is 1. The van der Waals surface area contributed by atoms with Crippen LogP contribution < -0.4 is 11.2 Å². The van der Waals surface area contributed by atoms with Gasteiger partial charge in [0.25, 0.3) is 5.56 Å². The van der Waals surface area contributed by atoms with E-state index < -0.39 is 42.4 Å². The summed E-state index contributed by atoms with van der Waals surface area (Å²) in [4.78, 5) is 25.2.